The predicted molar refractivity (Wildman–Crippen MR) is 118 cm³/mol. The lowest BCUT2D eigenvalue weighted by Crippen LogP contribution is -2.15. The highest BCUT2D eigenvalue weighted by atomic mass is 35.5. The second-order valence-corrected chi connectivity index (χ2v) is 9.54. The molecule has 29 heavy (non-hydrogen) atoms. The molecule has 3 nitrogen and oxygen atoms in total. The summed E-state index contributed by atoms with van der Waals surface area (Å²) in [5.41, 5.74) is 4.49. The van der Waals surface area contributed by atoms with Crippen LogP contribution in [0.4, 0.5) is 0 Å². The van der Waals surface area contributed by atoms with Gasteiger partial charge in [-0.05, 0) is 59.9 Å². The van der Waals surface area contributed by atoms with Crippen molar-refractivity contribution < 1.29 is 9.90 Å². The van der Waals surface area contributed by atoms with Gasteiger partial charge in [-0.2, -0.15) is 0 Å². The molecule has 1 aromatic heterocycles. The molecule has 6 rings (SSSR count). The molecule has 0 radical (unpaired) electrons. The maximum absolute atomic E-state index is 12.0. The average Bonchev–Trinajstić information content (AvgIpc) is 3.63. The highest BCUT2D eigenvalue weighted by Crippen LogP contribution is 2.69. The third-order valence-corrected chi connectivity index (χ3v) is 7.90. The van der Waals surface area contributed by atoms with Gasteiger partial charge in [-0.1, -0.05) is 30.3 Å². The zero-order chi connectivity index (χ0) is 18.9. The van der Waals surface area contributed by atoms with Crippen LogP contribution in [0.3, 0.4) is 0 Å². The van der Waals surface area contributed by atoms with Gasteiger partial charge in [0.15, 0.2) is 0 Å². The first-order chi connectivity index (χ1) is 13.7. The Balaban J connectivity index is 0.00000181. The number of rotatable bonds is 5. The first kappa shape index (κ1) is 19.0. The van der Waals surface area contributed by atoms with Crippen molar-refractivity contribution in [2.24, 2.45) is 5.41 Å². The number of nitrogens with zero attached hydrogens (tertiary/aromatic N) is 1. The van der Waals surface area contributed by atoms with Crippen LogP contribution >= 0.6 is 24.2 Å². The lowest BCUT2D eigenvalue weighted by molar-refractivity contribution is -0.143. The number of carboxylic acids is 1. The van der Waals surface area contributed by atoms with Crippen molar-refractivity contribution in [1.29, 1.82) is 0 Å². The Morgan fingerprint density at radius 3 is 2.72 bits per heavy atom. The maximum atomic E-state index is 12.0. The van der Waals surface area contributed by atoms with Crippen molar-refractivity contribution in [1.82, 2.24) is 4.98 Å². The third-order valence-electron chi connectivity index (χ3n) is 6.70. The zero-order valence-corrected chi connectivity index (χ0v) is 17.6. The van der Waals surface area contributed by atoms with Gasteiger partial charge in [0, 0.05) is 39.8 Å². The number of carboxylic acid groups (broad SMARTS) is 1. The number of hydrogen-bond acceptors (Lipinski definition) is 3. The van der Waals surface area contributed by atoms with Gasteiger partial charge in [0.1, 0.15) is 0 Å². The number of benzene rings is 2. The molecule has 2 unspecified atom stereocenters. The van der Waals surface area contributed by atoms with Crippen LogP contribution < -0.4 is 0 Å². The van der Waals surface area contributed by atoms with Crippen LogP contribution in [-0.4, -0.2) is 16.1 Å². The first-order valence-corrected chi connectivity index (χ1v) is 11.0. The van der Waals surface area contributed by atoms with E-state index in [0.29, 0.717) is 12.3 Å². The van der Waals surface area contributed by atoms with Crippen molar-refractivity contribution in [3.05, 3.63) is 71.0 Å². The quantitative estimate of drug-likeness (QED) is 0.516. The number of carbonyl (C=O) groups is 1. The molecule has 2 atom stereocenters. The molecular weight excluding hydrogens is 402 g/mol. The molecule has 1 N–H and O–H groups in total. The fourth-order valence-electron chi connectivity index (χ4n) is 4.90. The van der Waals surface area contributed by atoms with Gasteiger partial charge in [0.25, 0.3) is 0 Å². The molecule has 5 heteroatoms. The van der Waals surface area contributed by atoms with Crippen molar-refractivity contribution in [3.63, 3.8) is 0 Å². The van der Waals surface area contributed by atoms with Crippen LogP contribution in [0.2, 0.25) is 0 Å². The molecule has 0 spiro atoms. The summed E-state index contributed by atoms with van der Waals surface area (Å²) < 4.78 is 0. The second kappa shape index (κ2) is 6.75. The Morgan fingerprint density at radius 2 is 2.00 bits per heavy atom. The van der Waals surface area contributed by atoms with E-state index in [-0.39, 0.29) is 18.3 Å². The van der Waals surface area contributed by atoms with Crippen molar-refractivity contribution in [3.8, 4) is 0 Å². The van der Waals surface area contributed by atoms with E-state index in [2.05, 4.69) is 36.4 Å². The number of aliphatic carboxylic acids is 1. The van der Waals surface area contributed by atoms with Gasteiger partial charge < -0.3 is 5.11 Å². The van der Waals surface area contributed by atoms with E-state index in [0.717, 1.165) is 17.6 Å². The number of halogens is 1. The molecule has 2 saturated carbocycles. The lowest BCUT2D eigenvalue weighted by Gasteiger charge is -2.15. The summed E-state index contributed by atoms with van der Waals surface area (Å²) in [5, 5.41) is 12.3. The standard InChI is InChI=1S/C24H21NO2S.ClH/c26-23(27)24-10-16-8-17-12-25-20(15-6-7-15)9-18(17)22(21(16)19(24)11-24)28-13-14-4-2-1-3-5-14;/h1-5,8-9,12,15,19H,6-7,10-11,13H2,(H,26,27);1H. The Labute approximate surface area is 180 Å². The first-order valence-electron chi connectivity index (χ1n) is 10.0. The topological polar surface area (TPSA) is 50.2 Å². The summed E-state index contributed by atoms with van der Waals surface area (Å²) in [4.78, 5) is 18.0. The van der Waals surface area contributed by atoms with Gasteiger partial charge in [-0.3, -0.25) is 9.78 Å². The summed E-state index contributed by atoms with van der Waals surface area (Å²) in [6.07, 6.45) is 5.94. The SMILES string of the molecule is Cl.O=C(O)C12Cc3cc4cnc(C5CC5)cc4c(SCc4ccccc4)c3C1C2. The van der Waals surface area contributed by atoms with Gasteiger partial charge in [0.2, 0.25) is 0 Å². The monoisotopic (exact) mass is 423 g/mol. The second-order valence-electron chi connectivity index (χ2n) is 8.55. The Morgan fingerprint density at radius 1 is 1.21 bits per heavy atom. The summed E-state index contributed by atoms with van der Waals surface area (Å²) >= 11 is 1.87. The summed E-state index contributed by atoms with van der Waals surface area (Å²) in [6, 6.07) is 15.0. The van der Waals surface area contributed by atoms with Crippen molar-refractivity contribution >= 4 is 40.9 Å². The Kier molecular flexibility index (Phi) is 4.41. The molecule has 0 aliphatic heterocycles. The minimum absolute atomic E-state index is 0. The minimum Gasteiger partial charge on any atom is -0.481 e. The van der Waals surface area contributed by atoms with E-state index < -0.39 is 11.4 Å². The van der Waals surface area contributed by atoms with Crippen molar-refractivity contribution in [2.75, 3.05) is 0 Å². The highest BCUT2D eigenvalue weighted by Gasteiger charge is 2.65. The van der Waals surface area contributed by atoms with Crippen LogP contribution in [-0.2, 0) is 17.0 Å². The van der Waals surface area contributed by atoms with Gasteiger partial charge in [0.05, 0.1) is 5.41 Å². The molecule has 148 valence electrons. The molecule has 0 bridgehead atoms. The summed E-state index contributed by atoms with van der Waals surface area (Å²) in [7, 11) is 0. The zero-order valence-electron chi connectivity index (χ0n) is 15.9. The minimum atomic E-state index is -0.631. The normalized spacial score (nSPS) is 23.9. The van der Waals surface area contributed by atoms with Crippen LogP contribution in [0, 0.1) is 5.41 Å². The third kappa shape index (κ3) is 2.96. The number of hydrogen-bond donors (Lipinski definition) is 1. The van der Waals surface area contributed by atoms with E-state index in [1.807, 2.05) is 24.0 Å². The van der Waals surface area contributed by atoms with Crippen molar-refractivity contribution in [2.45, 2.75) is 48.2 Å². The Hall–Kier alpha value is -2.04. The van der Waals surface area contributed by atoms with E-state index in [1.54, 1.807) is 0 Å². The summed E-state index contributed by atoms with van der Waals surface area (Å²) in [6.45, 7) is 0. The molecule has 2 aromatic carbocycles. The average molecular weight is 424 g/mol. The maximum Gasteiger partial charge on any atom is 0.310 e. The lowest BCUT2D eigenvalue weighted by atomic mass is 9.98. The molecule has 0 saturated heterocycles. The van der Waals surface area contributed by atoms with E-state index in [4.69, 9.17) is 4.98 Å². The number of fused-ring (bicyclic) bond motifs is 4. The highest BCUT2D eigenvalue weighted by molar-refractivity contribution is 7.98. The molecule has 3 aromatic rings. The van der Waals surface area contributed by atoms with Crippen LogP contribution in [0.15, 0.2) is 53.6 Å². The molecule has 0 amide bonds. The Bertz CT molecular complexity index is 1130. The summed E-state index contributed by atoms with van der Waals surface area (Å²) in [5.74, 6) is 1.07. The number of thioether (sulfide) groups is 1. The molecule has 2 fully saturated rings. The van der Waals surface area contributed by atoms with Crippen LogP contribution in [0.25, 0.3) is 10.8 Å². The predicted octanol–water partition coefficient (Wildman–Crippen LogP) is 5.94. The van der Waals surface area contributed by atoms with Crippen LogP contribution in [0.1, 0.15) is 53.5 Å². The fourth-order valence-corrected chi connectivity index (χ4v) is 6.16. The van der Waals surface area contributed by atoms with E-state index >= 15 is 0 Å². The largest absolute Gasteiger partial charge is 0.481 e. The number of aromatic nitrogens is 1. The smallest absolute Gasteiger partial charge is 0.310 e. The molecular formula is C24H22ClNO2S. The molecule has 3 aliphatic carbocycles. The van der Waals surface area contributed by atoms with Gasteiger partial charge in [-0.25, -0.2) is 0 Å². The number of pyridine rings is 1. The van der Waals surface area contributed by atoms with E-state index in [9.17, 15) is 9.90 Å². The molecule has 1 heterocycles. The van der Waals surface area contributed by atoms with Gasteiger partial charge in [-0.15, -0.1) is 24.2 Å². The van der Waals surface area contributed by atoms with Crippen LogP contribution in [0.5, 0.6) is 0 Å². The fraction of sp³-hybridized carbons (Fsp3) is 0.333. The van der Waals surface area contributed by atoms with E-state index in [1.165, 1.54) is 45.5 Å². The molecule has 3 aliphatic rings. The van der Waals surface area contributed by atoms with Gasteiger partial charge >= 0.3 is 5.97 Å².